The molecule has 2 rings (SSSR count). The van der Waals surface area contributed by atoms with Crippen LogP contribution in [0.3, 0.4) is 0 Å². The number of halogens is 1. The smallest absolute Gasteiger partial charge is 0.179 e. The van der Waals surface area contributed by atoms with Crippen molar-refractivity contribution in [3.05, 3.63) is 22.6 Å². The van der Waals surface area contributed by atoms with Crippen LogP contribution < -0.4 is 0 Å². The van der Waals surface area contributed by atoms with Crippen LogP contribution in [0.5, 0.6) is 0 Å². The minimum absolute atomic E-state index is 0.201. The second-order valence-electron chi connectivity index (χ2n) is 3.79. The molecule has 0 aliphatic carbocycles. The lowest BCUT2D eigenvalue weighted by Gasteiger charge is -2.20. The summed E-state index contributed by atoms with van der Waals surface area (Å²) in [6, 6.07) is 1.74. The Labute approximate surface area is 102 Å². The van der Waals surface area contributed by atoms with Gasteiger partial charge in [-0.1, -0.05) is 0 Å². The lowest BCUT2D eigenvalue weighted by molar-refractivity contribution is 0.0957. The van der Waals surface area contributed by atoms with Gasteiger partial charge in [-0.2, -0.15) is 11.8 Å². The van der Waals surface area contributed by atoms with Crippen LogP contribution in [-0.4, -0.2) is 17.3 Å². The van der Waals surface area contributed by atoms with Crippen LogP contribution in [0.15, 0.2) is 21.4 Å². The highest BCUT2D eigenvalue weighted by Gasteiger charge is 2.20. The number of rotatable bonds is 3. The van der Waals surface area contributed by atoms with Crippen LogP contribution in [0.4, 0.5) is 0 Å². The Morgan fingerprint density at radius 1 is 1.53 bits per heavy atom. The van der Waals surface area contributed by atoms with Gasteiger partial charge in [0.1, 0.15) is 0 Å². The molecule has 1 saturated heterocycles. The molecule has 82 valence electrons. The van der Waals surface area contributed by atoms with Crippen LogP contribution in [0.2, 0.25) is 0 Å². The molecule has 0 aromatic carbocycles. The van der Waals surface area contributed by atoms with Gasteiger partial charge in [-0.15, -0.1) is 0 Å². The van der Waals surface area contributed by atoms with Crippen molar-refractivity contribution in [2.24, 2.45) is 5.92 Å². The molecule has 15 heavy (non-hydrogen) atoms. The fourth-order valence-corrected chi connectivity index (χ4v) is 3.48. The molecule has 0 radical (unpaired) electrons. The number of Topliss-reactive ketones (excluding diaryl/α,β-unsaturated/α-hetero) is 1. The number of thioether (sulfide) groups is 1. The third-order valence-electron chi connectivity index (χ3n) is 2.73. The van der Waals surface area contributed by atoms with Crippen molar-refractivity contribution >= 4 is 33.5 Å². The van der Waals surface area contributed by atoms with Crippen molar-refractivity contribution in [3.8, 4) is 0 Å². The van der Waals surface area contributed by atoms with E-state index in [4.69, 9.17) is 4.42 Å². The number of carbonyl (C=O) groups excluding carboxylic acids is 1. The molecule has 0 saturated carbocycles. The van der Waals surface area contributed by atoms with Crippen molar-refractivity contribution < 1.29 is 9.21 Å². The first-order valence-corrected chi connectivity index (χ1v) is 7.06. The number of hydrogen-bond donors (Lipinski definition) is 0. The first-order chi connectivity index (χ1) is 7.27. The van der Waals surface area contributed by atoms with Gasteiger partial charge in [-0.05, 0) is 52.3 Å². The molecule has 0 amide bonds. The summed E-state index contributed by atoms with van der Waals surface area (Å²) < 4.78 is 5.63. The summed E-state index contributed by atoms with van der Waals surface area (Å²) in [5, 5.41) is 0. The fourth-order valence-electron chi connectivity index (χ4n) is 1.82. The minimum atomic E-state index is 0.201. The van der Waals surface area contributed by atoms with Crippen LogP contribution in [0.25, 0.3) is 0 Å². The van der Waals surface area contributed by atoms with Crippen molar-refractivity contribution in [2.75, 3.05) is 11.5 Å². The standard InChI is InChI=1S/C11H13BrO2S/c12-11-9(1-4-14-11)10(13)7-8-2-5-15-6-3-8/h1,4,8H,2-3,5-7H2. The topological polar surface area (TPSA) is 30.2 Å². The maximum atomic E-state index is 11.9. The van der Waals surface area contributed by atoms with Crippen LogP contribution >= 0.6 is 27.7 Å². The highest BCUT2D eigenvalue weighted by molar-refractivity contribution is 9.10. The first-order valence-electron chi connectivity index (χ1n) is 5.11. The molecule has 2 nitrogen and oxygen atoms in total. The number of hydrogen-bond acceptors (Lipinski definition) is 3. The lowest BCUT2D eigenvalue weighted by atomic mass is 9.94. The fraction of sp³-hybridized carbons (Fsp3) is 0.545. The number of ketones is 1. The first kappa shape index (κ1) is 11.3. The predicted molar refractivity (Wildman–Crippen MR) is 65.4 cm³/mol. The Morgan fingerprint density at radius 2 is 2.27 bits per heavy atom. The molecule has 0 spiro atoms. The van der Waals surface area contributed by atoms with Gasteiger partial charge in [0.2, 0.25) is 0 Å². The zero-order valence-electron chi connectivity index (χ0n) is 8.37. The summed E-state index contributed by atoms with van der Waals surface area (Å²) in [6.07, 6.45) is 4.56. The van der Waals surface area contributed by atoms with E-state index >= 15 is 0 Å². The molecular weight excluding hydrogens is 276 g/mol. The zero-order valence-corrected chi connectivity index (χ0v) is 10.8. The van der Waals surface area contributed by atoms with Gasteiger partial charge in [0, 0.05) is 6.42 Å². The molecular formula is C11H13BrO2S. The maximum Gasteiger partial charge on any atom is 0.179 e. The van der Waals surface area contributed by atoms with E-state index in [1.54, 1.807) is 12.3 Å². The van der Waals surface area contributed by atoms with Crippen LogP contribution in [-0.2, 0) is 0 Å². The molecule has 0 unspecified atom stereocenters. The Kier molecular flexibility index (Phi) is 3.92. The summed E-state index contributed by atoms with van der Waals surface area (Å²) in [6.45, 7) is 0. The summed E-state index contributed by atoms with van der Waals surface area (Å²) in [4.78, 5) is 11.9. The molecule has 1 aromatic heterocycles. The highest BCUT2D eigenvalue weighted by Crippen LogP contribution is 2.28. The van der Waals surface area contributed by atoms with E-state index in [1.165, 1.54) is 24.3 Å². The summed E-state index contributed by atoms with van der Waals surface area (Å²) >= 11 is 5.23. The van der Waals surface area contributed by atoms with Crippen molar-refractivity contribution in [1.82, 2.24) is 0 Å². The third kappa shape index (κ3) is 2.88. The van der Waals surface area contributed by atoms with Gasteiger partial charge in [0.05, 0.1) is 11.8 Å². The second-order valence-corrected chi connectivity index (χ2v) is 5.74. The average Bonchev–Trinajstić information content (AvgIpc) is 2.66. The van der Waals surface area contributed by atoms with E-state index in [9.17, 15) is 4.79 Å². The van der Waals surface area contributed by atoms with Crippen molar-refractivity contribution in [1.29, 1.82) is 0 Å². The Balaban J connectivity index is 1.94. The minimum Gasteiger partial charge on any atom is -0.457 e. The van der Waals surface area contributed by atoms with Crippen LogP contribution in [0, 0.1) is 5.92 Å². The molecule has 0 atom stereocenters. The van der Waals surface area contributed by atoms with Gasteiger partial charge in [-0.3, -0.25) is 4.79 Å². The molecule has 2 heterocycles. The Bertz CT molecular complexity index is 342. The third-order valence-corrected chi connectivity index (χ3v) is 4.40. The van der Waals surface area contributed by atoms with E-state index in [1.807, 2.05) is 11.8 Å². The monoisotopic (exact) mass is 288 g/mol. The summed E-state index contributed by atoms with van der Waals surface area (Å²) in [5.41, 5.74) is 0.688. The van der Waals surface area contributed by atoms with Gasteiger partial charge in [-0.25, -0.2) is 0 Å². The Hall–Kier alpha value is -0.220. The molecule has 0 bridgehead atoms. The van der Waals surface area contributed by atoms with E-state index in [0.717, 1.165) is 0 Å². The van der Waals surface area contributed by atoms with E-state index < -0.39 is 0 Å². The molecule has 1 aromatic rings. The molecule has 1 fully saturated rings. The Morgan fingerprint density at radius 3 is 2.87 bits per heavy atom. The highest BCUT2D eigenvalue weighted by atomic mass is 79.9. The predicted octanol–water partition coefficient (Wildman–Crippen LogP) is 3.76. The molecule has 1 aliphatic rings. The van der Waals surface area contributed by atoms with E-state index in [0.29, 0.717) is 22.6 Å². The summed E-state index contributed by atoms with van der Waals surface area (Å²) in [7, 11) is 0. The quantitative estimate of drug-likeness (QED) is 0.794. The molecule has 4 heteroatoms. The molecule has 0 N–H and O–H groups in total. The van der Waals surface area contributed by atoms with Gasteiger partial charge < -0.3 is 4.42 Å². The van der Waals surface area contributed by atoms with Crippen molar-refractivity contribution in [2.45, 2.75) is 19.3 Å². The van der Waals surface area contributed by atoms with Gasteiger partial charge in [0.15, 0.2) is 10.5 Å². The zero-order chi connectivity index (χ0) is 10.7. The second kappa shape index (κ2) is 5.21. The number of carbonyl (C=O) groups is 1. The van der Waals surface area contributed by atoms with E-state index in [-0.39, 0.29) is 5.78 Å². The van der Waals surface area contributed by atoms with Gasteiger partial charge in [0.25, 0.3) is 0 Å². The molecule has 1 aliphatic heterocycles. The number of furan rings is 1. The van der Waals surface area contributed by atoms with E-state index in [2.05, 4.69) is 15.9 Å². The maximum absolute atomic E-state index is 11.9. The van der Waals surface area contributed by atoms with Gasteiger partial charge >= 0.3 is 0 Å². The SMILES string of the molecule is O=C(CC1CCSCC1)c1ccoc1Br. The lowest BCUT2D eigenvalue weighted by Crippen LogP contribution is -2.14. The van der Waals surface area contributed by atoms with Crippen LogP contribution in [0.1, 0.15) is 29.6 Å². The average molecular weight is 289 g/mol. The normalized spacial score (nSPS) is 17.9. The van der Waals surface area contributed by atoms with Crippen molar-refractivity contribution in [3.63, 3.8) is 0 Å². The summed E-state index contributed by atoms with van der Waals surface area (Å²) in [5.74, 6) is 3.17. The largest absolute Gasteiger partial charge is 0.457 e.